The van der Waals surface area contributed by atoms with Crippen LogP contribution in [0.5, 0.6) is 0 Å². The van der Waals surface area contributed by atoms with Crippen LogP contribution in [0.15, 0.2) is 0 Å². The van der Waals surface area contributed by atoms with Gasteiger partial charge in [0.1, 0.15) is 0 Å². The second-order valence-corrected chi connectivity index (χ2v) is 5.43. The number of rotatable bonds is 4. The number of piperidine rings is 1. The first-order chi connectivity index (χ1) is 6.16. The second kappa shape index (κ2) is 5.23. The van der Waals surface area contributed by atoms with Crippen molar-refractivity contribution in [2.45, 2.75) is 44.0 Å². The van der Waals surface area contributed by atoms with Gasteiger partial charge in [0.2, 0.25) is 0 Å². The average molecular weight is 203 g/mol. The van der Waals surface area contributed by atoms with Crippen LogP contribution in [0.25, 0.3) is 0 Å². The third-order valence-corrected chi connectivity index (χ3v) is 4.35. The van der Waals surface area contributed by atoms with E-state index < -0.39 is 0 Å². The Morgan fingerprint density at radius 2 is 2.08 bits per heavy atom. The molecule has 1 rings (SSSR count). The highest BCUT2D eigenvalue weighted by Gasteiger charge is 2.29. The normalized spacial score (nSPS) is 24.2. The maximum atomic E-state index is 10.2. The van der Waals surface area contributed by atoms with E-state index in [-0.39, 0.29) is 5.60 Å². The van der Waals surface area contributed by atoms with Gasteiger partial charge in [-0.05, 0) is 32.4 Å². The molecule has 0 radical (unpaired) electrons. The summed E-state index contributed by atoms with van der Waals surface area (Å²) in [6.07, 6.45) is 3.02. The van der Waals surface area contributed by atoms with Gasteiger partial charge >= 0.3 is 0 Å². The maximum absolute atomic E-state index is 10.2. The summed E-state index contributed by atoms with van der Waals surface area (Å²) in [6, 6.07) is 0. The lowest BCUT2D eigenvalue weighted by Crippen LogP contribution is -2.43. The lowest BCUT2D eigenvalue weighted by molar-refractivity contribution is 0.0338. The first-order valence-electron chi connectivity index (χ1n) is 5.21. The zero-order valence-electron chi connectivity index (χ0n) is 8.68. The molecule has 2 N–H and O–H groups in total. The van der Waals surface area contributed by atoms with Crippen molar-refractivity contribution in [1.82, 2.24) is 5.32 Å². The molecule has 0 aromatic rings. The van der Waals surface area contributed by atoms with Gasteiger partial charge in [-0.1, -0.05) is 13.8 Å². The van der Waals surface area contributed by atoms with Crippen LogP contribution in [-0.4, -0.2) is 34.8 Å². The summed E-state index contributed by atoms with van der Waals surface area (Å²) < 4.78 is 0. The van der Waals surface area contributed by atoms with Crippen LogP contribution in [0.1, 0.15) is 33.1 Å². The third kappa shape index (κ3) is 3.88. The topological polar surface area (TPSA) is 32.3 Å². The quantitative estimate of drug-likeness (QED) is 0.728. The molecule has 0 aliphatic carbocycles. The molecular formula is C10H21NOS. The van der Waals surface area contributed by atoms with Crippen LogP contribution in [0.4, 0.5) is 0 Å². The fourth-order valence-corrected chi connectivity index (χ4v) is 2.57. The molecule has 3 heteroatoms. The van der Waals surface area contributed by atoms with Crippen molar-refractivity contribution in [3.8, 4) is 0 Å². The van der Waals surface area contributed by atoms with Crippen molar-refractivity contribution >= 4 is 11.8 Å². The molecule has 0 aromatic carbocycles. The first-order valence-corrected chi connectivity index (χ1v) is 6.26. The summed E-state index contributed by atoms with van der Waals surface area (Å²) in [7, 11) is 0. The minimum absolute atomic E-state index is 0.390. The molecular weight excluding hydrogens is 182 g/mol. The first kappa shape index (κ1) is 11.3. The number of nitrogens with one attached hydrogen (secondary N) is 1. The molecule has 0 amide bonds. The van der Waals surface area contributed by atoms with Crippen LogP contribution in [0, 0.1) is 0 Å². The smallest absolute Gasteiger partial charge is 0.0762 e. The molecule has 78 valence electrons. The van der Waals surface area contributed by atoms with Crippen molar-refractivity contribution in [1.29, 1.82) is 0 Å². The summed E-state index contributed by atoms with van der Waals surface area (Å²) in [5.74, 6) is 0.906. The van der Waals surface area contributed by atoms with Gasteiger partial charge in [-0.3, -0.25) is 0 Å². The molecule has 1 heterocycles. The largest absolute Gasteiger partial charge is 0.389 e. The Morgan fingerprint density at radius 3 is 2.62 bits per heavy atom. The van der Waals surface area contributed by atoms with Gasteiger partial charge in [-0.25, -0.2) is 0 Å². The summed E-state index contributed by atoms with van der Waals surface area (Å²) in [5, 5.41) is 14.1. The number of hydrogen-bond acceptors (Lipinski definition) is 3. The standard InChI is InChI=1S/C10H21NOS/c1-3-9(2)13-8-10(12)4-6-11-7-5-10/h9,11-12H,3-8H2,1-2H3. The molecule has 0 saturated carbocycles. The summed E-state index contributed by atoms with van der Waals surface area (Å²) >= 11 is 1.90. The number of hydrogen-bond donors (Lipinski definition) is 2. The third-order valence-electron chi connectivity index (χ3n) is 2.75. The Bertz CT molecular complexity index is 146. The van der Waals surface area contributed by atoms with Crippen LogP contribution < -0.4 is 5.32 Å². The van der Waals surface area contributed by atoms with Gasteiger partial charge in [0, 0.05) is 11.0 Å². The summed E-state index contributed by atoms with van der Waals surface area (Å²) in [6.45, 7) is 6.37. The predicted octanol–water partition coefficient (Wildman–Crippen LogP) is 1.63. The van der Waals surface area contributed by atoms with Crippen LogP contribution in [0.3, 0.4) is 0 Å². The highest BCUT2D eigenvalue weighted by Crippen LogP contribution is 2.26. The molecule has 0 aromatic heterocycles. The Morgan fingerprint density at radius 1 is 1.46 bits per heavy atom. The van der Waals surface area contributed by atoms with Gasteiger partial charge in [0.05, 0.1) is 5.60 Å². The van der Waals surface area contributed by atoms with E-state index in [2.05, 4.69) is 19.2 Å². The molecule has 1 saturated heterocycles. The zero-order chi connectivity index (χ0) is 9.73. The summed E-state index contributed by atoms with van der Waals surface area (Å²) in [5.41, 5.74) is -0.390. The van der Waals surface area contributed by atoms with E-state index in [0.717, 1.165) is 31.7 Å². The molecule has 0 bridgehead atoms. The van der Waals surface area contributed by atoms with E-state index >= 15 is 0 Å². The SMILES string of the molecule is CCC(C)SCC1(O)CCNCC1. The maximum Gasteiger partial charge on any atom is 0.0762 e. The second-order valence-electron chi connectivity index (χ2n) is 4.00. The van der Waals surface area contributed by atoms with E-state index in [1.165, 1.54) is 6.42 Å². The lowest BCUT2D eigenvalue weighted by Gasteiger charge is -2.32. The highest BCUT2D eigenvalue weighted by molar-refractivity contribution is 7.99. The molecule has 2 nitrogen and oxygen atoms in total. The Balaban J connectivity index is 2.24. The zero-order valence-corrected chi connectivity index (χ0v) is 9.49. The van der Waals surface area contributed by atoms with Crippen molar-refractivity contribution in [2.75, 3.05) is 18.8 Å². The van der Waals surface area contributed by atoms with Gasteiger partial charge in [0.15, 0.2) is 0 Å². The highest BCUT2D eigenvalue weighted by atomic mass is 32.2. The Labute approximate surface area is 85.5 Å². The van der Waals surface area contributed by atoms with Crippen LogP contribution >= 0.6 is 11.8 Å². The molecule has 1 aliphatic rings. The predicted molar refractivity (Wildman–Crippen MR) is 59.3 cm³/mol. The van der Waals surface area contributed by atoms with Crippen molar-refractivity contribution in [3.63, 3.8) is 0 Å². The molecule has 1 unspecified atom stereocenters. The van der Waals surface area contributed by atoms with Gasteiger partial charge < -0.3 is 10.4 Å². The van der Waals surface area contributed by atoms with Gasteiger partial charge in [-0.15, -0.1) is 0 Å². The molecule has 1 fully saturated rings. The van der Waals surface area contributed by atoms with Gasteiger partial charge in [-0.2, -0.15) is 11.8 Å². The van der Waals surface area contributed by atoms with Crippen molar-refractivity contribution in [2.24, 2.45) is 0 Å². The number of aliphatic hydroxyl groups is 1. The molecule has 13 heavy (non-hydrogen) atoms. The fourth-order valence-electron chi connectivity index (χ4n) is 1.45. The minimum atomic E-state index is -0.390. The molecule has 1 aliphatic heterocycles. The minimum Gasteiger partial charge on any atom is -0.389 e. The summed E-state index contributed by atoms with van der Waals surface area (Å²) in [4.78, 5) is 0. The fraction of sp³-hybridized carbons (Fsp3) is 1.00. The van der Waals surface area contributed by atoms with E-state index in [1.54, 1.807) is 0 Å². The van der Waals surface area contributed by atoms with E-state index in [9.17, 15) is 5.11 Å². The monoisotopic (exact) mass is 203 g/mol. The van der Waals surface area contributed by atoms with Crippen molar-refractivity contribution in [3.05, 3.63) is 0 Å². The van der Waals surface area contributed by atoms with Crippen molar-refractivity contribution < 1.29 is 5.11 Å². The van der Waals surface area contributed by atoms with E-state index in [1.807, 2.05) is 11.8 Å². The average Bonchev–Trinajstić information content (AvgIpc) is 2.15. The molecule has 0 spiro atoms. The molecule has 1 atom stereocenters. The number of thioether (sulfide) groups is 1. The van der Waals surface area contributed by atoms with E-state index in [0.29, 0.717) is 5.25 Å². The Kier molecular flexibility index (Phi) is 4.56. The van der Waals surface area contributed by atoms with Crippen LogP contribution in [0.2, 0.25) is 0 Å². The Hall–Kier alpha value is 0.270. The lowest BCUT2D eigenvalue weighted by atomic mass is 9.95. The van der Waals surface area contributed by atoms with E-state index in [4.69, 9.17) is 0 Å². The van der Waals surface area contributed by atoms with Crippen LogP contribution in [-0.2, 0) is 0 Å². The van der Waals surface area contributed by atoms with Gasteiger partial charge in [0.25, 0.3) is 0 Å².